The van der Waals surface area contributed by atoms with E-state index in [2.05, 4.69) is 5.32 Å². The van der Waals surface area contributed by atoms with Gasteiger partial charge in [-0.05, 0) is 25.7 Å². The number of amides is 4. The quantitative estimate of drug-likeness (QED) is 0.583. The van der Waals surface area contributed by atoms with Crippen LogP contribution in [0.4, 0.5) is 4.79 Å². The summed E-state index contributed by atoms with van der Waals surface area (Å²) in [6.07, 6.45) is 8.33. The highest BCUT2D eigenvalue weighted by Crippen LogP contribution is 2.34. The van der Waals surface area contributed by atoms with Crippen molar-refractivity contribution in [3.8, 4) is 0 Å². The molecule has 1 saturated heterocycles. The summed E-state index contributed by atoms with van der Waals surface area (Å²) < 4.78 is 5.02. The van der Waals surface area contributed by atoms with Crippen LogP contribution in [0.3, 0.4) is 0 Å². The van der Waals surface area contributed by atoms with Crippen molar-refractivity contribution in [2.45, 2.75) is 69.4 Å². The van der Waals surface area contributed by atoms with Crippen LogP contribution in [0.2, 0.25) is 0 Å². The lowest BCUT2D eigenvalue weighted by Gasteiger charge is -2.31. The number of ether oxygens (including phenoxy) is 1. The summed E-state index contributed by atoms with van der Waals surface area (Å²) in [5.41, 5.74) is -0.839. The maximum atomic E-state index is 12.5. The average Bonchev–Trinajstić information content (AvgIpc) is 3.20. The summed E-state index contributed by atoms with van der Waals surface area (Å²) in [6.45, 7) is -0.812. The van der Waals surface area contributed by atoms with Crippen molar-refractivity contribution in [3.05, 3.63) is 0 Å². The van der Waals surface area contributed by atoms with Crippen LogP contribution in [0.1, 0.15) is 57.8 Å². The van der Waals surface area contributed by atoms with Crippen molar-refractivity contribution in [3.63, 3.8) is 0 Å². The minimum absolute atomic E-state index is 0.197. The van der Waals surface area contributed by atoms with Crippen LogP contribution in [0.5, 0.6) is 0 Å². The molecule has 3 fully saturated rings. The number of carbonyl (C=O) groups excluding carboxylic acids is 4. The summed E-state index contributed by atoms with van der Waals surface area (Å²) in [7, 11) is 1.73. The van der Waals surface area contributed by atoms with Crippen LogP contribution >= 0.6 is 0 Å². The molecule has 1 heterocycles. The van der Waals surface area contributed by atoms with Gasteiger partial charge in [0.15, 0.2) is 6.61 Å². The van der Waals surface area contributed by atoms with Gasteiger partial charge < -0.3 is 15.0 Å². The minimum Gasteiger partial charge on any atom is -0.454 e. The molecule has 0 aromatic rings. The second kappa shape index (κ2) is 7.63. The topological polar surface area (TPSA) is 96.0 Å². The van der Waals surface area contributed by atoms with Crippen molar-refractivity contribution in [1.82, 2.24) is 15.1 Å². The first-order chi connectivity index (χ1) is 12.4. The molecule has 0 unspecified atom stereocenters. The maximum Gasteiger partial charge on any atom is 0.326 e. The lowest BCUT2D eigenvalue weighted by molar-refractivity contribution is -0.154. The number of likely N-dealkylation sites (N-methyl/N-ethyl adjacent to an activating group) is 1. The second-order valence-corrected chi connectivity index (χ2v) is 7.57. The van der Waals surface area contributed by atoms with Crippen LogP contribution in [-0.2, 0) is 19.1 Å². The lowest BCUT2D eigenvalue weighted by atomic mass is 9.94. The summed E-state index contributed by atoms with van der Waals surface area (Å²) in [4.78, 5) is 51.3. The molecule has 1 aliphatic heterocycles. The van der Waals surface area contributed by atoms with E-state index in [-0.39, 0.29) is 24.5 Å². The molecule has 3 rings (SSSR count). The van der Waals surface area contributed by atoms with E-state index >= 15 is 0 Å². The Morgan fingerprint density at radius 2 is 1.81 bits per heavy atom. The van der Waals surface area contributed by atoms with Gasteiger partial charge in [-0.15, -0.1) is 0 Å². The van der Waals surface area contributed by atoms with Crippen molar-refractivity contribution < 1.29 is 23.9 Å². The van der Waals surface area contributed by atoms with Crippen molar-refractivity contribution in [1.29, 1.82) is 0 Å². The molecule has 2 aliphatic carbocycles. The Balaban J connectivity index is 1.47. The third kappa shape index (κ3) is 3.68. The van der Waals surface area contributed by atoms with E-state index < -0.39 is 24.1 Å². The highest BCUT2D eigenvalue weighted by atomic mass is 16.5. The van der Waals surface area contributed by atoms with Gasteiger partial charge in [-0.2, -0.15) is 0 Å². The molecule has 3 aliphatic rings. The third-order valence-electron chi connectivity index (χ3n) is 5.86. The number of esters is 1. The minimum atomic E-state index is -0.839. The van der Waals surface area contributed by atoms with Gasteiger partial charge in [0.25, 0.3) is 11.8 Å². The lowest BCUT2D eigenvalue weighted by Crippen LogP contribution is -2.44. The number of nitrogens with one attached hydrogen (secondary N) is 1. The molecule has 144 valence electrons. The van der Waals surface area contributed by atoms with Crippen molar-refractivity contribution in [2.75, 3.05) is 20.2 Å². The average molecular weight is 365 g/mol. The fourth-order valence-electron chi connectivity index (χ4n) is 4.23. The van der Waals surface area contributed by atoms with E-state index in [0.717, 1.165) is 43.4 Å². The van der Waals surface area contributed by atoms with E-state index in [1.54, 1.807) is 11.9 Å². The van der Waals surface area contributed by atoms with E-state index in [1.165, 1.54) is 6.42 Å². The number of carbonyl (C=O) groups is 4. The normalized spacial score (nSPS) is 22.6. The second-order valence-electron chi connectivity index (χ2n) is 7.57. The highest BCUT2D eigenvalue weighted by Gasteiger charge is 2.52. The maximum absolute atomic E-state index is 12.5. The Morgan fingerprint density at radius 3 is 2.46 bits per heavy atom. The van der Waals surface area contributed by atoms with Crippen LogP contribution in [-0.4, -0.2) is 65.4 Å². The number of hydrogen-bond donors (Lipinski definition) is 1. The van der Waals surface area contributed by atoms with E-state index in [0.29, 0.717) is 12.8 Å². The van der Waals surface area contributed by atoms with Gasteiger partial charge in [0.2, 0.25) is 0 Å². The molecule has 1 N–H and O–H groups in total. The Bertz CT molecular complexity index is 594. The molecular formula is C18H27N3O5. The van der Waals surface area contributed by atoms with Crippen LogP contribution in [0.25, 0.3) is 0 Å². The largest absolute Gasteiger partial charge is 0.454 e. The number of imide groups is 1. The summed E-state index contributed by atoms with van der Waals surface area (Å²) in [5, 5.41) is 2.72. The molecule has 0 aromatic carbocycles. The zero-order valence-corrected chi connectivity index (χ0v) is 15.3. The molecule has 2 saturated carbocycles. The van der Waals surface area contributed by atoms with Crippen LogP contribution < -0.4 is 5.32 Å². The zero-order valence-electron chi connectivity index (χ0n) is 15.3. The highest BCUT2D eigenvalue weighted by molar-refractivity contribution is 6.08. The van der Waals surface area contributed by atoms with E-state index in [9.17, 15) is 19.2 Å². The van der Waals surface area contributed by atoms with Gasteiger partial charge >= 0.3 is 12.0 Å². The first-order valence-corrected chi connectivity index (χ1v) is 9.48. The van der Waals surface area contributed by atoms with Gasteiger partial charge in [0.05, 0.1) is 0 Å². The molecule has 0 aromatic heterocycles. The summed E-state index contributed by atoms with van der Waals surface area (Å²) >= 11 is 0. The van der Waals surface area contributed by atoms with Gasteiger partial charge in [-0.3, -0.25) is 19.3 Å². The van der Waals surface area contributed by atoms with Gasteiger partial charge in [0.1, 0.15) is 12.1 Å². The molecule has 0 bridgehead atoms. The smallest absolute Gasteiger partial charge is 0.326 e. The standard InChI is InChI=1S/C18H27N3O5/c1-20(13-7-3-2-4-8-13)14(22)12-26-15(23)11-21-16(24)18(19-17(21)25)9-5-6-10-18/h13H,2-12H2,1H3,(H,19,25). The summed E-state index contributed by atoms with van der Waals surface area (Å²) in [6, 6.07) is -0.359. The number of nitrogens with zero attached hydrogens (tertiary/aromatic N) is 2. The van der Waals surface area contributed by atoms with Gasteiger partial charge in [0, 0.05) is 13.1 Å². The molecule has 0 atom stereocenters. The first kappa shape index (κ1) is 18.7. The Labute approximate surface area is 153 Å². The molecule has 8 heteroatoms. The molecule has 8 nitrogen and oxygen atoms in total. The Hall–Kier alpha value is -2.12. The van der Waals surface area contributed by atoms with E-state index in [4.69, 9.17) is 4.74 Å². The van der Waals surface area contributed by atoms with Crippen LogP contribution in [0, 0.1) is 0 Å². The fourth-order valence-corrected chi connectivity index (χ4v) is 4.23. The van der Waals surface area contributed by atoms with E-state index in [1.807, 2.05) is 0 Å². The molecule has 26 heavy (non-hydrogen) atoms. The Morgan fingerprint density at radius 1 is 1.15 bits per heavy atom. The molecular weight excluding hydrogens is 338 g/mol. The predicted octanol–water partition coefficient (Wildman–Crippen LogP) is 1.19. The number of rotatable bonds is 5. The van der Waals surface area contributed by atoms with Crippen LogP contribution in [0.15, 0.2) is 0 Å². The fraction of sp³-hybridized carbons (Fsp3) is 0.778. The predicted molar refractivity (Wildman–Crippen MR) is 92.0 cm³/mol. The molecule has 0 radical (unpaired) electrons. The monoisotopic (exact) mass is 365 g/mol. The number of hydrogen-bond acceptors (Lipinski definition) is 5. The molecule has 1 spiro atoms. The zero-order chi connectivity index (χ0) is 18.7. The van der Waals surface area contributed by atoms with Crippen molar-refractivity contribution in [2.24, 2.45) is 0 Å². The van der Waals surface area contributed by atoms with Gasteiger partial charge in [-0.25, -0.2) is 4.79 Å². The summed E-state index contributed by atoms with van der Waals surface area (Å²) in [5.74, 6) is -1.36. The SMILES string of the molecule is CN(C(=O)COC(=O)CN1C(=O)NC2(CCCC2)C1=O)C1CCCCC1. The van der Waals surface area contributed by atoms with Gasteiger partial charge in [-0.1, -0.05) is 32.1 Å². The first-order valence-electron chi connectivity index (χ1n) is 9.48. The van der Waals surface area contributed by atoms with Crippen molar-refractivity contribution >= 4 is 23.8 Å². The number of urea groups is 1. The molecule has 4 amide bonds. The Kier molecular flexibility index (Phi) is 5.48. The third-order valence-corrected chi connectivity index (χ3v) is 5.86.